The van der Waals surface area contributed by atoms with Gasteiger partial charge in [0.05, 0.1) is 5.75 Å². The summed E-state index contributed by atoms with van der Waals surface area (Å²) in [5.74, 6) is 1.95. The molecule has 0 aliphatic heterocycles. The summed E-state index contributed by atoms with van der Waals surface area (Å²) < 4.78 is 6.04. The van der Waals surface area contributed by atoms with E-state index in [2.05, 4.69) is 45.6 Å². The second-order valence-electron chi connectivity index (χ2n) is 4.99. The number of thioether (sulfide) groups is 1. The smallest absolute Gasteiger partial charge is 0.237 e. The zero-order valence-corrected chi connectivity index (χ0v) is 14.8. The topological polar surface area (TPSA) is 76.7 Å². The third-order valence-electron chi connectivity index (χ3n) is 3.40. The molecule has 120 valence electrons. The molecule has 8 heteroatoms. The van der Waals surface area contributed by atoms with Crippen LogP contribution in [0.25, 0.3) is 0 Å². The Kier molecular flexibility index (Phi) is 4.92. The van der Waals surface area contributed by atoms with Crippen LogP contribution in [-0.4, -0.2) is 20.3 Å². The summed E-state index contributed by atoms with van der Waals surface area (Å²) in [6.07, 6.45) is 0.775. The molecule has 6 nitrogen and oxygen atoms in total. The van der Waals surface area contributed by atoms with Crippen molar-refractivity contribution >= 4 is 33.9 Å². The quantitative estimate of drug-likeness (QED) is 0.672. The standard InChI is InChI=1S/C15H17N5OS2/c1-4-12-17-13(21-20-12)8-22-15-19-18-14(23-15)16-11-7-5-6-9(2)10(11)3/h5-7H,4,8H2,1-3H3,(H,16,18). The minimum atomic E-state index is 0.602. The van der Waals surface area contributed by atoms with Crippen LogP contribution < -0.4 is 5.32 Å². The van der Waals surface area contributed by atoms with Crippen molar-refractivity contribution < 1.29 is 4.52 Å². The van der Waals surface area contributed by atoms with E-state index in [-0.39, 0.29) is 0 Å². The summed E-state index contributed by atoms with van der Waals surface area (Å²) in [6.45, 7) is 6.18. The summed E-state index contributed by atoms with van der Waals surface area (Å²) in [6, 6.07) is 6.17. The van der Waals surface area contributed by atoms with Crippen LogP contribution in [0.15, 0.2) is 27.1 Å². The van der Waals surface area contributed by atoms with E-state index in [9.17, 15) is 0 Å². The second-order valence-corrected chi connectivity index (χ2v) is 7.19. The number of aryl methyl sites for hydroxylation is 2. The Morgan fingerprint density at radius 1 is 1.26 bits per heavy atom. The van der Waals surface area contributed by atoms with Gasteiger partial charge in [-0.15, -0.1) is 10.2 Å². The van der Waals surface area contributed by atoms with E-state index >= 15 is 0 Å². The number of nitrogens with zero attached hydrogens (tertiary/aromatic N) is 4. The van der Waals surface area contributed by atoms with Crippen molar-refractivity contribution in [3.8, 4) is 0 Å². The molecule has 0 saturated heterocycles. The molecule has 0 bridgehead atoms. The molecule has 23 heavy (non-hydrogen) atoms. The van der Waals surface area contributed by atoms with E-state index in [4.69, 9.17) is 4.52 Å². The molecular weight excluding hydrogens is 330 g/mol. The van der Waals surface area contributed by atoms with E-state index in [1.54, 1.807) is 11.8 Å². The normalized spacial score (nSPS) is 10.9. The summed E-state index contributed by atoms with van der Waals surface area (Å²) >= 11 is 3.06. The number of nitrogens with one attached hydrogen (secondary N) is 1. The van der Waals surface area contributed by atoms with Crippen LogP contribution in [0.1, 0.15) is 29.8 Å². The highest BCUT2D eigenvalue weighted by Crippen LogP contribution is 2.30. The van der Waals surface area contributed by atoms with E-state index in [1.165, 1.54) is 22.5 Å². The highest BCUT2D eigenvalue weighted by Gasteiger charge is 2.10. The van der Waals surface area contributed by atoms with E-state index in [0.29, 0.717) is 11.6 Å². The molecule has 0 amide bonds. The zero-order valence-electron chi connectivity index (χ0n) is 13.2. The van der Waals surface area contributed by atoms with Gasteiger partial charge in [-0.25, -0.2) is 0 Å². The Bertz CT molecular complexity index is 799. The number of anilines is 2. The molecule has 0 aliphatic rings. The molecular formula is C15H17N5OS2. The van der Waals surface area contributed by atoms with Crippen molar-refractivity contribution in [3.05, 3.63) is 41.0 Å². The summed E-state index contributed by atoms with van der Waals surface area (Å²) in [4.78, 5) is 4.28. The SMILES string of the molecule is CCc1noc(CSc2nnc(Nc3cccc(C)c3C)s2)n1. The lowest BCUT2D eigenvalue weighted by Crippen LogP contribution is -1.94. The van der Waals surface area contributed by atoms with Crippen LogP contribution in [0.3, 0.4) is 0 Å². The van der Waals surface area contributed by atoms with Gasteiger partial charge < -0.3 is 9.84 Å². The zero-order chi connectivity index (χ0) is 16.2. The predicted octanol–water partition coefficient (Wildman–Crippen LogP) is 4.14. The van der Waals surface area contributed by atoms with Gasteiger partial charge in [0, 0.05) is 12.1 Å². The van der Waals surface area contributed by atoms with Crippen LogP contribution >= 0.6 is 23.1 Å². The number of hydrogen-bond donors (Lipinski definition) is 1. The summed E-state index contributed by atoms with van der Waals surface area (Å²) in [7, 11) is 0. The lowest BCUT2D eigenvalue weighted by Gasteiger charge is -2.08. The van der Waals surface area contributed by atoms with E-state index in [0.717, 1.165) is 27.4 Å². The molecule has 2 heterocycles. The Morgan fingerprint density at radius 3 is 2.91 bits per heavy atom. The fraction of sp³-hybridized carbons (Fsp3) is 0.333. The second kappa shape index (κ2) is 7.10. The maximum Gasteiger partial charge on any atom is 0.237 e. The molecule has 0 unspecified atom stereocenters. The van der Waals surface area contributed by atoms with Gasteiger partial charge in [-0.05, 0) is 31.0 Å². The molecule has 1 aromatic carbocycles. The molecule has 1 N–H and O–H groups in total. The summed E-state index contributed by atoms with van der Waals surface area (Å²) in [5.41, 5.74) is 3.52. The first kappa shape index (κ1) is 15.9. The van der Waals surface area contributed by atoms with Crippen LogP contribution in [-0.2, 0) is 12.2 Å². The van der Waals surface area contributed by atoms with Crippen molar-refractivity contribution in [3.63, 3.8) is 0 Å². The number of benzene rings is 1. The number of aromatic nitrogens is 4. The van der Waals surface area contributed by atoms with E-state index < -0.39 is 0 Å². The maximum absolute atomic E-state index is 5.17. The molecule has 0 spiro atoms. The lowest BCUT2D eigenvalue weighted by atomic mass is 10.1. The van der Waals surface area contributed by atoms with Gasteiger partial charge in [0.25, 0.3) is 0 Å². The minimum Gasteiger partial charge on any atom is -0.338 e. The fourth-order valence-corrected chi connectivity index (χ4v) is 3.54. The molecule has 3 rings (SSSR count). The maximum atomic E-state index is 5.17. The van der Waals surface area contributed by atoms with Gasteiger partial charge in [-0.1, -0.05) is 47.3 Å². The first-order valence-corrected chi connectivity index (χ1v) is 9.07. The summed E-state index contributed by atoms with van der Waals surface area (Å²) in [5, 5.41) is 16.4. The first-order valence-electron chi connectivity index (χ1n) is 7.26. The van der Waals surface area contributed by atoms with Crippen molar-refractivity contribution in [2.75, 3.05) is 5.32 Å². The number of rotatable bonds is 6. The van der Waals surface area contributed by atoms with Gasteiger partial charge in [-0.2, -0.15) is 4.98 Å². The van der Waals surface area contributed by atoms with Gasteiger partial charge in [0.15, 0.2) is 10.2 Å². The molecule has 3 aromatic rings. The predicted molar refractivity (Wildman–Crippen MR) is 92.3 cm³/mol. The highest BCUT2D eigenvalue weighted by molar-refractivity contribution is 8.00. The van der Waals surface area contributed by atoms with Crippen LogP contribution in [0, 0.1) is 13.8 Å². The highest BCUT2D eigenvalue weighted by atomic mass is 32.2. The van der Waals surface area contributed by atoms with Crippen molar-refractivity contribution in [1.29, 1.82) is 0 Å². The number of hydrogen-bond acceptors (Lipinski definition) is 8. The van der Waals surface area contributed by atoms with Crippen LogP contribution in [0.2, 0.25) is 0 Å². The monoisotopic (exact) mass is 347 g/mol. The third kappa shape index (κ3) is 3.89. The largest absolute Gasteiger partial charge is 0.338 e. The minimum absolute atomic E-state index is 0.602. The van der Waals surface area contributed by atoms with Gasteiger partial charge in [0.1, 0.15) is 0 Å². The van der Waals surface area contributed by atoms with Crippen molar-refractivity contribution in [2.24, 2.45) is 0 Å². The van der Waals surface area contributed by atoms with E-state index in [1.807, 2.05) is 19.1 Å². The Labute approximate surface area is 142 Å². The molecule has 0 fully saturated rings. The Morgan fingerprint density at radius 2 is 2.13 bits per heavy atom. The lowest BCUT2D eigenvalue weighted by molar-refractivity contribution is 0.385. The Balaban J connectivity index is 1.62. The first-order chi connectivity index (χ1) is 11.2. The fourth-order valence-electron chi connectivity index (χ4n) is 1.94. The average Bonchev–Trinajstić information content (AvgIpc) is 3.19. The van der Waals surface area contributed by atoms with Crippen molar-refractivity contribution in [2.45, 2.75) is 37.3 Å². The molecule has 0 aliphatic carbocycles. The Hall–Kier alpha value is -1.93. The third-order valence-corrected chi connectivity index (χ3v) is 5.35. The molecule has 0 radical (unpaired) electrons. The van der Waals surface area contributed by atoms with Gasteiger partial charge >= 0.3 is 0 Å². The van der Waals surface area contributed by atoms with Gasteiger partial charge in [0.2, 0.25) is 11.0 Å². The molecule has 2 aromatic heterocycles. The van der Waals surface area contributed by atoms with Gasteiger partial charge in [-0.3, -0.25) is 0 Å². The molecule has 0 saturated carbocycles. The van der Waals surface area contributed by atoms with Crippen LogP contribution in [0.5, 0.6) is 0 Å². The average molecular weight is 347 g/mol. The molecule has 0 atom stereocenters. The van der Waals surface area contributed by atoms with Crippen LogP contribution in [0.4, 0.5) is 10.8 Å². The van der Waals surface area contributed by atoms with Crippen molar-refractivity contribution in [1.82, 2.24) is 20.3 Å².